The van der Waals surface area contributed by atoms with Crippen molar-refractivity contribution < 1.29 is 19.4 Å². The lowest BCUT2D eigenvalue weighted by Gasteiger charge is -2.46. The standard InChI is InChI=1S/C24H31NO4/c1-15(16-7-5-4-6-8-16)25(19-11-12-29-24(2,3)14-19)22(26)20-17-9-10-18(13-17)21(20)23(27)28/h4-10,15,17-21H,11-14H2,1-3H3,(H,27,28)/p-1/t15-,17-,18+,19+,20+,21-/m0/s1. The third kappa shape index (κ3) is 3.73. The summed E-state index contributed by atoms with van der Waals surface area (Å²) in [5.41, 5.74) is 0.758. The number of nitrogens with zero attached hydrogens (tertiary/aromatic N) is 1. The molecular formula is C24H30NO4-. The molecular weight excluding hydrogens is 366 g/mol. The molecule has 156 valence electrons. The van der Waals surface area contributed by atoms with E-state index in [1.54, 1.807) is 0 Å². The van der Waals surface area contributed by atoms with Gasteiger partial charge in [0, 0.05) is 24.5 Å². The van der Waals surface area contributed by atoms with Crippen LogP contribution in [-0.4, -0.2) is 35.0 Å². The molecule has 5 heteroatoms. The van der Waals surface area contributed by atoms with E-state index in [4.69, 9.17) is 4.74 Å². The fourth-order valence-corrected chi connectivity index (χ4v) is 5.67. The van der Waals surface area contributed by atoms with Gasteiger partial charge in [-0.2, -0.15) is 0 Å². The average Bonchev–Trinajstić information content (AvgIpc) is 3.29. The summed E-state index contributed by atoms with van der Waals surface area (Å²) in [7, 11) is 0. The van der Waals surface area contributed by atoms with Crippen LogP contribution in [0.2, 0.25) is 0 Å². The molecule has 1 saturated heterocycles. The number of allylic oxidation sites excluding steroid dienone is 2. The van der Waals surface area contributed by atoms with E-state index in [1.165, 1.54) is 0 Å². The van der Waals surface area contributed by atoms with Crippen molar-refractivity contribution in [3.05, 3.63) is 48.0 Å². The number of benzene rings is 1. The smallest absolute Gasteiger partial charge is 0.227 e. The van der Waals surface area contributed by atoms with E-state index in [9.17, 15) is 14.7 Å². The van der Waals surface area contributed by atoms with Gasteiger partial charge < -0.3 is 19.5 Å². The molecule has 2 aliphatic carbocycles. The van der Waals surface area contributed by atoms with Gasteiger partial charge in [0.15, 0.2) is 0 Å². The lowest BCUT2D eigenvalue weighted by molar-refractivity contribution is -0.313. The second-order valence-corrected chi connectivity index (χ2v) is 9.41. The van der Waals surface area contributed by atoms with Crippen molar-refractivity contribution in [2.24, 2.45) is 23.7 Å². The summed E-state index contributed by atoms with van der Waals surface area (Å²) in [5.74, 6) is -2.49. The van der Waals surface area contributed by atoms with Crippen LogP contribution in [0.4, 0.5) is 0 Å². The summed E-state index contributed by atoms with van der Waals surface area (Å²) in [6.45, 7) is 6.76. The number of carboxylic acids is 1. The zero-order valence-electron chi connectivity index (χ0n) is 17.4. The normalized spacial score (nSPS) is 33.4. The molecule has 0 radical (unpaired) electrons. The maximum atomic E-state index is 13.9. The van der Waals surface area contributed by atoms with Crippen LogP contribution in [0.15, 0.2) is 42.5 Å². The van der Waals surface area contributed by atoms with Gasteiger partial charge in [0.1, 0.15) is 0 Å². The van der Waals surface area contributed by atoms with Gasteiger partial charge in [0.25, 0.3) is 0 Å². The van der Waals surface area contributed by atoms with Crippen molar-refractivity contribution in [1.82, 2.24) is 4.90 Å². The number of amides is 1. The van der Waals surface area contributed by atoms with E-state index in [2.05, 4.69) is 13.8 Å². The molecule has 1 saturated carbocycles. The van der Waals surface area contributed by atoms with Crippen LogP contribution in [0.3, 0.4) is 0 Å². The van der Waals surface area contributed by atoms with Gasteiger partial charge in [-0.3, -0.25) is 4.79 Å². The summed E-state index contributed by atoms with van der Waals surface area (Å²) >= 11 is 0. The maximum Gasteiger partial charge on any atom is 0.227 e. The maximum absolute atomic E-state index is 13.9. The third-order valence-electron chi connectivity index (χ3n) is 7.03. The minimum atomic E-state index is -1.10. The van der Waals surface area contributed by atoms with Crippen molar-refractivity contribution in [1.29, 1.82) is 0 Å². The number of carbonyl (C=O) groups excluding carboxylic acids is 2. The Morgan fingerprint density at radius 3 is 2.41 bits per heavy atom. The van der Waals surface area contributed by atoms with Crippen molar-refractivity contribution >= 4 is 11.9 Å². The Morgan fingerprint density at radius 2 is 1.79 bits per heavy atom. The zero-order chi connectivity index (χ0) is 20.8. The second-order valence-electron chi connectivity index (χ2n) is 9.41. The predicted octanol–water partition coefficient (Wildman–Crippen LogP) is 2.72. The highest BCUT2D eigenvalue weighted by Crippen LogP contribution is 2.49. The molecule has 0 N–H and O–H groups in total. The van der Waals surface area contributed by atoms with Gasteiger partial charge in [-0.1, -0.05) is 42.5 Å². The Labute approximate surface area is 172 Å². The van der Waals surface area contributed by atoms with Gasteiger partial charge in [0.2, 0.25) is 5.91 Å². The first-order valence-corrected chi connectivity index (χ1v) is 10.7. The molecule has 2 fully saturated rings. The van der Waals surface area contributed by atoms with Gasteiger partial charge >= 0.3 is 0 Å². The first-order valence-electron chi connectivity index (χ1n) is 10.7. The van der Waals surface area contributed by atoms with Gasteiger partial charge in [-0.05, 0) is 57.4 Å². The van der Waals surface area contributed by atoms with Crippen molar-refractivity contribution in [2.45, 2.75) is 57.7 Å². The highest BCUT2D eigenvalue weighted by Gasteiger charge is 2.51. The van der Waals surface area contributed by atoms with Crippen LogP contribution < -0.4 is 5.11 Å². The lowest BCUT2D eigenvalue weighted by Crippen LogP contribution is -2.53. The van der Waals surface area contributed by atoms with Crippen LogP contribution >= 0.6 is 0 Å². The fourth-order valence-electron chi connectivity index (χ4n) is 5.67. The molecule has 2 bridgehead atoms. The molecule has 1 heterocycles. The number of carbonyl (C=O) groups is 2. The molecule has 29 heavy (non-hydrogen) atoms. The lowest BCUT2D eigenvalue weighted by atomic mass is 9.80. The Balaban J connectivity index is 1.69. The molecule has 1 aliphatic heterocycles. The van der Waals surface area contributed by atoms with E-state index in [0.29, 0.717) is 6.61 Å². The molecule has 3 aliphatic rings. The molecule has 4 rings (SSSR count). The molecule has 0 aromatic heterocycles. The second kappa shape index (κ2) is 7.60. The molecule has 1 amide bonds. The number of fused-ring (bicyclic) bond motifs is 2. The van der Waals surface area contributed by atoms with Gasteiger partial charge in [0.05, 0.1) is 17.6 Å². The quantitative estimate of drug-likeness (QED) is 0.718. The first kappa shape index (κ1) is 20.1. The number of carboxylic acid groups (broad SMARTS) is 1. The monoisotopic (exact) mass is 396 g/mol. The van der Waals surface area contributed by atoms with Crippen LogP contribution in [0.25, 0.3) is 0 Å². The highest BCUT2D eigenvalue weighted by atomic mass is 16.5. The van der Waals surface area contributed by atoms with Crippen LogP contribution in [0, 0.1) is 23.7 Å². The van der Waals surface area contributed by atoms with Crippen molar-refractivity contribution in [3.63, 3.8) is 0 Å². The molecule has 0 spiro atoms. The van der Waals surface area contributed by atoms with E-state index in [1.807, 2.05) is 54.3 Å². The number of rotatable bonds is 5. The summed E-state index contributed by atoms with van der Waals surface area (Å²) < 4.78 is 5.89. The number of aliphatic carboxylic acids is 1. The van der Waals surface area contributed by atoms with Crippen molar-refractivity contribution in [3.8, 4) is 0 Å². The summed E-state index contributed by atoms with van der Waals surface area (Å²) in [6, 6.07) is 9.88. The van der Waals surface area contributed by atoms with Gasteiger partial charge in [-0.15, -0.1) is 0 Å². The van der Waals surface area contributed by atoms with E-state index in [0.717, 1.165) is 24.8 Å². The summed E-state index contributed by atoms with van der Waals surface area (Å²) in [5, 5.41) is 11.9. The topological polar surface area (TPSA) is 69.7 Å². The van der Waals surface area contributed by atoms with E-state index in [-0.39, 0.29) is 35.4 Å². The Hall–Kier alpha value is -2.14. The molecule has 0 unspecified atom stereocenters. The minimum absolute atomic E-state index is 0.00581. The van der Waals surface area contributed by atoms with Crippen LogP contribution in [0.5, 0.6) is 0 Å². The average molecular weight is 397 g/mol. The predicted molar refractivity (Wildman–Crippen MR) is 107 cm³/mol. The first-order chi connectivity index (χ1) is 13.8. The number of hydrogen-bond donors (Lipinski definition) is 0. The number of hydrogen-bond acceptors (Lipinski definition) is 4. The third-order valence-corrected chi connectivity index (χ3v) is 7.03. The van der Waals surface area contributed by atoms with Crippen LogP contribution in [-0.2, 0) is 14.3 Å². The van der Waals surface area contributed by atoms with Crippen molar-refractivity contribution in [2.75, 3.05) is 6.61 Å². The highest BCUT2D eigenvalue weighted by molar-refractivity contribution is 5.87. The Kier molecular flexibility index (Phi) is 5.28. The fraction of sp³-hybridized carbons (Fsp3) is 0.583. The molecule has 1 aromatic rings. The minimum Gasteiger partial charge on any atom is -0.550 e. The summed E-state index contributed by atoms with van der Waals surface area (Å²) in [6.07, 6.45) is 6.23. The largest absolute Gasteiger partial charge is 0.550 e. The SMILES string of the molecule is C[C@@H](c1ccccc1)N(C(=O)[C@H]1[C@@H](C(=O)[O-])[C@@H]2C=C[C@H]1C2)[C@@H]1CCOC(C)(C)C1. The summed E-state index contributed by atoms with van der Waals surface area (Å²) in [4.78, 5) is 27.8. The van der Waals surface area contributed by atoms with E-state index < -0.39 is 17.8 Å². The Morgan fingerprint density at radius 1 is 1.14 bits per heavy atom. The molecule has 5 nitrogen and oxygen atoms in total. The number of ether oxygens (including phenoxy) is 1. The van der Waals surface area contributed by atoms with Gasteiger partial charge in [-0.25, -0.2) is 0 Å². The zero-order valence-corrected chi connectivity index (χ0v) is 17.4. The molecule has 6 atom stereocenters. The van der Waals surface area contributed by atoms with E-state index >= 15 is 0 Å². The van der Waals surface area contributed by atoms with Crippen LogP contribution in [0.1, 0.15) is 51.6 Å². The molecule has 1 aromatic carbocycles. The Bertz CT molecular complexity index is 802.